The lowest BCUT2D eigenvalue weighted by Crippen LogP contribution is -2.07. The van der Waals surface area contributed by atoms with Crippen LogP contribution in [0.4, 0.5) is 11.9 Å². The fraction of sp³-hybridized carbons (Fsp3) is 0.667. The maximum Gasteiger partial charge on any atom is 0.322 e. The molecule has 0 amide bonds. The molecule has 2 rings (SSSR count). The van der Waals surface area contributed by atoms with E-state index in [1.54, 1.807) is 0 Å². The van der Waals surface area contributed by atoms with Crippen molar-refractivity contribution in [3.05, 3.63) is 10.6 Å². The van der Waals surface area contributed by atoms with Crippen LogP contribution in [-0.4, -0.2) is 57.2 Å². The van der Waals surface area contributed by atoms with Gasteiger partial charge in [-0.15, -0.1) is 0 Å². The van der Waals surface area contributed by atoms with Gasteiger partial charge in [-0.1, -0.05) is 38.5 Å². The fourth-order valence-corrected chi connectivity index (χ4v) is 3.02. The predicted octanol–water partition coefficient (Wildman–Crippen LogP) is 4.03. The summed E-state index contributed by atoms with van der Waals surface area (Å²) in [6, 6.07) is 0.425. The highest BCUT2D eigenvalue weighted by Gasteiger charge is 2.05. The average molecular weight is 459 g/mol. The second-order valence-corrected chi connectivity index (χ2v) is 7.19. The number of unbranched alkanes of at least 4 members (excludes halogenated alkanes) is 7. The fourth-order valence-electron chi connectivity index (χ4n) is 2.72. The Hall–Kier alpha value is -2.20. The minimum atomic E-state index is 0.122. The lowest BCUT2D eigenvalue weighted by molar-refractivity contribution is 0.378. The van der Waals surface area contributed by atoms with E-state index in [0.29, 0.717) is 11.9 Å². The number of rotatable bonds is 15. The molecule has 2 heterocycles. The van der Waals surface area contributed by atoms with Gasteiger partial charge in [0.05, 0.1) is 14.2 Å². The van der Waals surface area contributed by atoms with Crippen molar-refractivity contribution < 1.29 is 9.47 Å². The van der Waals surface area contributed by atoms with Crippen molar-refractivity contribution in [2.24, 2.45) is 0 Å². The highest BCUT2D eigenvalue weighted by molar-refractivity contribution is 6.28. The van der Waals surface area contributed by atoms with Crippen LogP contribution in [0.2, 0.25) is 10.6 Å². The molecule has 2 aromatic heterocycles. The molecule has 0 spiro atoms. The third kappa shape index (κ3) is 9.53. The number of nitrogens with zero attached hydrogens (tertiary/aromatic N) is 6. The minimum absolute atomic E-state index is 0.122. The van der Waals surface area contributed by atoms with Crippen molar-refractivity contribution >= 4 is 35.1 Å². The Morgan fingerprint density at radius 3 is 1.30 bits per heavy atom. The molecule has 0 atom stereocenters. The molecule has 0 aliphatic heterocycles. The summed E-state index contributed by atoms with van der Waals surface area (Å²) in [4.78, 5) is 23.9. The van der Waals surface area contributed by atoms with E-state index in [1.807, 2.05) is 0 Å². The number of hydrogen-bond acceptors (Lipinski definition) is 10. The summed E-state index contributed by atoms with van der Waals surface area (Å²) in [7, 11) is 2.99. The minimum Gasteiger partial charge on any atom is -0.467 e. The molecule has 0 aliphatic carbocycles. The Balaban J connectivity index is 1.43. The standard InChI is InChI=1S/C18H28Cl2N8O2/c1-29-17-25-13(19)23-15(27-17)21-11-9-7-5-3-4-6-8-10-12-22-16-24-14(20)26-18(28-16)30-2/h3-12H2,1-2H3,(H,21,23,25,27)(H,22,24,26,28). The van der Waals surface area contributed by atoms with E-state index in [4.69, 9.17) is 32.7 Å². The largest absolute Gasteiger partial charge is 0.467 e. The quantitative estimate of drug-likeness (QED) is 0.378. The molecule has 0 unspecified atom stereocenters. The van der Waals surface area contributed by atoms with E-state index < -0.39 is 0 Å². The summed E-state index contributed by atoms with van der Waals surface area (Å²) >= 11 is 11.6. The van der Waals surface area contributed by atoms with Gasteiger partial charge >= 0.3 is 12.0 Å². The van der Waals surface area contributed by atoms with Crippen LogP contribution in [0.3, 0.4) is 0 Å². The molecular weight excluding hydrogens is 431 g/mol. The van der Waals surface area contributed by atoms with Gasteiger partial charge in [-0.05, 0) is 36.0 Å². The molecule has 0 aromatic carbocycles. The van der Waals surface area contributed by atoms with Crippen molar-refractivity contribution in [3.8, 4) is 12.0 Å². The summed E-state index contributed by atoms with van der Waals surface area (Å²) in [6.07, 6.45) is 9.31. The van der Waals surface area contributed by atoms with Crippen molar-refractivity contribution in [2.45, 2.75) is 51.4 Å². The van der Waals surface area contributed by atoms with Crippen LogP contribution in [0, 0.1) is 0 Å². The van der Waals surface area contributed by atoms with Gasteiger partial charge in [0.25, 0.3) is 0 Å². The van der Waals surface area contributed by atoms with E-state index in [9.17, 15) is 0 Å². The summed E-state index contributed by atoms with van der Waals surface area (Å²) in [6.45, 7) is 1.59. The summed E-state index contributed by atoms with van der Waals surface area (Å²) < 4.78 is 9.94. The van der Waals surface area contributed by atoms with Crippen LogP contribution in [0.15, 0.2) is 0 Å². The van der Waals surface area contributed by atoms with Crippen molar-refractivity contribution in [1.29, 1.82) is 0 Å². The van der Waals surface area contributed by atoms with Gasteiger partial charge in [0.15, 0.2) is 0 Å². The summed E-state index contributed by atoms with van der Waals surface area (Å²) in [5.74, 6) is 0.886. The first-order valence-electron chi connectivity index (χ1n) is 9.99. The lowest BCUT2D eigenvalue weighted by atomic mass is 10.1. The highest BCUT2D eigenvalue weighted by atomic mass is 35.5. The zero-order valence-electron chi connectivity index (χ0n) is 17.3. The normalized spacial score (nSPS) is 10.7. The van der Waals surface area contributed by atoms with Gasteiger partial charge in [0.1, 0.15) is 0 Å². The Kier molecular flexibility index (Phi) is 11.2. The second-order valence-electron chi connectivity index (χ2n) is 6.51. The van der Waals surface area contributed by atoms with Crippen LogP contribution in [0.25, 0.3) is 0 Å². The van der Waals surface area contributed by atoms with Crippen LogP contribution in [0.5, 0.6) is 12.0 Å². The Labute approximate surface area is 186 Å². The average Bonchev–Trinajstić information content (AvgIpc) is 2.73. The first-order chi connectivity index (χ1) is 14.6. The van der Waals surface area contributed by atoms with Gasteiger partial charge in [-0.25, -0.2) is 0 Å². The number of nitrogens with one attached hydrogen (secondary N) is 2. The lowest BCUT2D eigenvalue weighted by Gasteiger charge is -2.07. The number of anilines is 2. The second kappa shape index (κ2) is 13.9. The molecule has 166 valence electrons. The van der Waals surface area contributed by atoms with Crippen LogP contribution < -0.4 is 20.1 Å². The first kappa shape index (κ1) is 24.1. The smallest absolute Gasteiger partial charge is 0.322 e. The van der Waals surface area contributed by atoms with Crippen molar-refractivity contribution in [1.82, 2.24) is 29.9 Å². The van der Waals surface area contributed by atoms with E-state index in [-0.39, 0.29) is 22.6 Å². The van der Waals surface area contributed by atoms with E-state index in [1.165, 1.54) is 39.9 Å². The topological polar surface area (TPSA) is 120 Å². The Morgan fingerprint density at radius 1 is 0.567 bits per heavy atom. The Bertz CT molecular complexity index is 705. The molecule has 2 N–H and O–H groups in total. The van der Waals surface area contributed by atoms with Gasteiger partial charge in [-0.3, -0.25) is 0 Å². The molecule has 0 fully saturated rings. The molecule has 0 saturated carbocycles. The molecule has 0 radical (unpaired) electrons. The van der Waals surface area contributed by atoms with E-state index in [2.05, 4.69) is 40.5 Å². The van der Waals surface area contributed by atoms with Gasteiger partial charge in [0.2, 0.25) is 22.5 Å². The number of methoxy groups -OCH3 is 2. The first-order valence-corrected chi connectivity index (χ1v) is 10.7. The van der Waals surface area contributed by atoms with Crippen molar-refractivity contribution in [2.75, 3.05) is 37.9 Å². The summed E-state index contributed by atoms with van der Waals surface area (Å²) in [5, 5.41) is 6.53. The molecule has 0 saturated heterocycles. The zero-order chi connectivity index (χ0) is 21.6. The van der Waals surface area contributed by atoms with E-state index in [0.717, 1.165) is 38.8 Å². The van der Waals surface area contributed by atoms with Crippen LogP contribution in [0.1, 0.15) is 51.4 Å². The highest BCUT2D eigenvalue weighted by Crippen LogP contribution is 2.13. The van der Waals surface area contributed by atoms with Crippen molar-refractivity contribution in [3.63, 3.8) is 0 Å². The van der Waals surface area contributed by atoms with Crippen LogP contribution in [-0.2, 0) is 0 Å². The number of aromatic nitrogens is 6. The number of ether oxygens (including phenoxy) is 2. The third-order valence-corrected chi connectivity index (χ3v) is 4.55. The SMILES string of the molecule is COc1nc(Cl)nc(NCCCCCCCCCCNc2nc(Cl)nc(OC)n2)n1. The molecule has 2 aromatic rings. The van der Waals surface area contributed by atoms with Gasteiger partial charge < -0.3 is 20.1 Å². The molecule has 0 aliphatic rings. The molecule has 30 heavy (non-hydrogen) atoms. The molecule has 10 nitrogen and oxygen atoms in total. The zero-order valence-corrected chi connectivity index (χ0v) is 18.8. The predicted molar refractivity (Wildman–Crippen MR) is 117 cm³/mol. The maximum atomic E-state index is 5.82. The Morgan fingerprint density at radius 2 is 0.933 bits per heavy atom. The molecule has 12 heteroatoms. The molecule has 0 bridgehead atoms. The maximum absolute atomic E-state index is 5.82. The summed E-state index contributed by atoms with van der Waals surface area (Å²) in [5.41, 5.74) is 0. The van der Waals surface area contributed by atoms with Gasteiger partial charge in [-0.2, -0.15) is 29.9 Å². The monoisotopic (exact) mass is 458 g/mol. The molecular formula is C18H28Cl2N8O2. The van der Waals surface area contributed by atoms with Gasteiger partial charge in [0, 0.05) is 13.1 Å². The van der Waals surface area contributed by atoms with Crippen LogP contribution >= 0.6 is 23.2 Å². The number of hydrogen-bond donors (Lipinski definition) is 2. The van der Waals surface area contributed by atoms with E-state index >= 15 is 0 Å². The number of halogens is 2. The third-order valence-electron chi connectivity index (χ3n) is 4.21.